The summed E-state index contributed by atoms with van der Waals surface area (Å²) < 4.78 is 28.2. The molecule has 1 aliphatic rings. The standard InChI is InChI=1S/C18H18ClN3O5S/c1-12-16(22(24)25)5-4-6-17(12)28(26,27)20-15-8-7-13(19)11-14(15)18(23)21-9-2-3-10-21/h4-8,11,20H,2-3,9-10H2,1H3. The second-order valence-corrected chi connectivity index (χ2v) is 8.54. The first-order chi connectivity index (χ1) is 13.2. The summed E-state index contributed by atoms with van der Waals surface area (Å²) in [5.74, 6) is -0.312. The lowest BCUT2D eigenvalue weighted by atomic mass is 10.1. The van der Waals surface area contributed by atoms with Gasteiger partial charge in [-0.1, -0.05) is 17.7 Å². The third-order valence-electron chi connectivity index (χ3n) is 4.59. The zero-order chi connectivity index (χ0) is 20.5. The van der Waals surface area contributed by atoms with Crippen LogP contribution in [0, 0.1) is 17.0 Å². The second-order valence-electron chi connectivity index (χ2n) is 6.45. The Morgan fingerprint density at radius 3 is 2.54 bits per heavy atom. The minimum atomic E-state index is -4.16. The Kier molecular flexibility index (Phi) is 5.57. The highest BCUT2D eigenvalue weighted by Gasteiger charge is 2.27. The molecule has 28 heavy (non-hydrogen) atoms. The number of halogens is 1. The van der Waals surface area contributed by atoms with Crippen LogP contribution in [0.15, 0.2) is 41.3 Å². The molecular formula is C18H18ClN3O5S. The fraction of sp³-hybridized carbons (Fsp3) is 0.278. The summed E-state index contributed by atoms with van der Waals surface area (Å²) >= 11 is 6.01. The number of likely N-dealkylation sites (tertiary alicyclic amines) is 1. The van der Waals surface area contributed by atoms with Gasteiger partial charge in [0.15, 0.2) is 0 Å². The number of carbonyl (C=O) groups is 1. The quantitative estimate of drug-likeness (QED) is 0.583. The van der Waals surface area contributed by atoms with Crippen LogP contribution in [0.2, 0.25) is 5.02 Å². The first-order valence-electron chi connectivity index (χ1n) is 8.56. The normalized spacial score (nSPS) is 14.1. The molecule has 2 aromatic rings. The Hall–Kier alpha value is -2.65. The van der Waals surface area contributed by atoms with Crippen LogP contribution in [0.1, 0.15) is 28.8 Å². The topological polar surface area (TPSA) is 110 Å². The molecule has 1 amide bonds. The number of amides is 1. The van der Waals surface area contributed by atoms with Crippen molar-refractivity contribution in [2.45, 2.75) is 24.7 Å². The molecule has 0 aliphatic carbocycles. The van der Waals surface area contributed by atoms with E-state index >= 15 is 0 Å². The molecule has 10 heteroatoms. The van der Waals surface area contributed by atoms with Gasteiger partial charge in [0.05, 0.1) is 21.1 Å². The summed E-state index contributed by atoms with van der Waals surface area (Å²) in [6.45, 7) is 2.56. The van der Waals surface area contributed by atoms with Gasteiger partial charge in [0.25, 0.3) is 21.6 Å². The van der Waals surface area contributed by atoms with Crippen LogP contribution in [0.4, 0.5) is 11.4 Å². The molecule has 1 saturated heterocycles. The van der Waals surface area contributed by atoms with E-state index in [2.05, 4.69) is 4.72 Å². The van der Waals surface area contributed by atoms with Crippen LogP contribution < -0.4 is 4.72 Å². The predicted molar refractivity (Wildman–Crippen MR) is 105 cm³/mol. The van der Waals surface area contributed by atoms with Crippen LogP contribution in [0.3, 0.4) is 0 Å². The molecular weight excluding hydrogens is 406 g/mol. The lowest BCUT2D eigenvalue weighted by Crippen LogP contribution is -2.29. The molecule has 2 aromatic carbocycles. The van der Waals surface area contributed by atoms with Crippen molar-refractivity contribution in [3.8, 4) is 0 Å². The van der Waals surface area contributed by atoms with Crippen molar-refractivity contribution in [2.75, 3.05) is 17.8 Å². The van der Waals surface area contributed by atoms with Crippen molar-refractivity contribution in [1.82, 2.24) is 4.90 Å². The first-order valence-corrected chi connectivity index (χ1v) is 10.4. The fourth-order valence-corrected chi connectivity index (χ4v) is 4.68. The van der Waals surface area contributed by atoms with Crippen LogP contribution in [0.25, 0.3) is 0 Å². The van der Waals surface area contributed by atoms with Crippen molar-refractivity contribution in [3.63, 3.8) is 0 Å². The Morgan fingerprint density at radius 2 is 1.89 bits per heavy atom. The van der Waals surface area contributed by atoms with Crippen molar-refractivity contribution in [1.29, 1.82) is 0 Å². The number of nitrogens with zero attached hydrogens (tertiary/aromatic N) is 2. The predicted octanol–water partition coefficient (Wildman–Crippen LogP) is 3.59. The molecule has 0 atom stereocenters. The number of carbonyl (C=O) groups excluding carboxylic acids is 1. The van der Waals surface area contributed by atoms with E-state index in [-0.39, 0.29) is 33.3 Å². The van der Waals surface area contributed by atoms with Gasteiger partial charge >= 0.3 is 0 Å². The first kappa shape index (κ1) is 20.1. The average Bonchev–Trinajstić information content (AvgIpc) is 3.17. The number of nitrogens with one attached hydrogen (secondary N) is 1. The van der Waals surface area contributed by atoms with Gasteiger partial charge in [0, 0.05) is 29.7 Å². The number of nitro groups is 1. The smallest absolute Gasteiger partial charge is 0.273 e. The SMILES string of the molecule is Cc1c([N+](=O)[O-])cccc1S(=O)(=O)Nc1ccc(Cl)cc1C(=O)N1CCCC1. The summed E-state index contributed by atoms with van der Waals surface area (Å²) in [7, 11) is -4.16. The zero-order valence-electron chi connectivity index (χ0n) is 15.0. The maximum Gasteiger partial charge on any atom is 0.273 e. The van der Waals surface area contributed by atoms with Gasteiger partial charge in [0.1, 0.15) is 0 Å². The Morgan fingerprint density at radius 1 is 1.21 bits per heavy atom. The number of hydrogen-bond acceptors (Lipinski definition) is 5. The van der Waals surface area contributed by atoms with Crippen molar-refractivity contribution in [3.05, 3.63) is 62.7 Å². The third-order valence-corrected chi connectivity index (χ3v) is 6.34. The van der Waals surface area contributed by atoms with E-state index in [0.717, 1.165) is 12.8 Å². The maximum absolute atomic E-state index is 12.9. The minimum Gasteiger partial charge on any atom is -0.339 e. The number of hydrogen-bond donors (Lipinski definition) is 1. The lowest BCUT2D eigenvalue weighted by molar-refractivity contribution is -0.385. The molecule has 0 saturated carbocycles. The van der Waals surface area contributed by atoms with E-state index in [9.17, 15) is 23.3 Å². The van der Waals surface area contributed by atoms with Gasteiger partial charge < -0.3 is 4.90 Å². The molecule has 1 heterocycles. The molecule has 3 rings (SSSR count). The molecule has 1 N–H and O–H groups in total. The molecule has 1 fully saturated rings. The van der Waals surface area contributed by atoms with E-state index in [0.29, 0.717) is 18.1 Å². The number of rotatable bonds is 5. The van der Waals surface area contributed by atoms with E-state index in [1.807, 2.05) is 0 Å². The third kappa shape index (κ3) is 3.95. The Labute approximate surface area is 167 Å². The molecule has 8 nitrogen and oxygen atoms in total. The van der Waals surface area contributed by atoms with Crippen molar-refractivity contribution in [2.24, 2.45) is 0 Å². The molecule has 0 radical (unpaired) electrons. The minimum absolute atomic E-state index is 0.0152. The molecule has 1 aliphatic heterocycles. The van der Waals surface area contributed by atoms with Gasteiger partial charge in [-0.2, -0.15) is 0 Å². The number of benzene rings is 2. The van der Waals surface area contributed by atoms with Crippen molar-refractivity contribution >= 4 is 38.9 Å². The van der Waals surface area contributed by atoms with Crippen molar-refractivity contribution < 1.29 is 18.1 Å². The van der Waals surface area contributed by atoms with E-state index < -0.39 is 14.9 Å². The van der Waals surface area contributed by atoms with E-state index in [4.69, 9.17) is 11.6 Å². The zero-order valence-corrected chi connectivity index (χ0v) is 16.6. The molecule has 0 bridgehead atoms. The molecule has 0 spiro atoms. The number of nitro benzene ring substituents is 1. The van der Waals surface area contributed by atoms with Gasteiger partial charge in [-0.3, -0.25) is 19.6 Å². The fourth-order valence-electron chi connectivity index (χ4n) is 3.16. The van der Waals surface area contributed by atoms with Crippen LogP contribution >= 0.6 is 11.6 Å². The van der Waals surface area contributed by atoms with E-state index in [1.54, 1.807) is 4.90 Å². The van der Waals surface area contributed by atoms with Crippen LogP contribution in [-0.2, 0) is 10.0 Å². The highest BCUT2D eigenvalue weighted by molar-refractivity contribution is 7.92. The summed E-state index contributed by atoms with van der Waals surface area (Å²) in [5.41, 5.74) is -0.0676. The number of sulfonamides is 1. The summed E-state index contributed by atoms with van der Waals surface area (Å²) in [4.78, 5) is 24.7. The molecule has 0 unspecified atom stereocenters. The van der Waals surface area contributed by atoms with Gasteiger partial charge in [-0.25, -0.2) is 8.42 Å². The highest BCUT2D eigenvalue weighted by Crippen LogP contribution is 2.29. The number of anilines is 1. The van der Waals surface area contributed by atoms with Gasteiger partial charge in [0.2, 0.25) is 0 Å². The van der Waals surface area contributed by atoms with Gasteiger partial charge in [-0.05, 0) is 44.0 Å². The van der Waals surface area contributed by atoms with Crippen LogP contribution in [0.5, 0.6) is 0 Å². The molecule has 0 aromatic heterocycles. The monoisotopic (exact) mass is 423 g/mol. The summed E-state index contributed by atoms with van der Waals surface area (Å²) in [6.07, 6.45) is 1.78. The lowest BCUT2D eigenvalue weighted by Gasteiger charge is -2.19. The molecule has 148 valence electrons. The Bertz CT molecular complexity index is 1050. The largest absolute Gasteiger partial charge is 0.339 e. The van der Waals surface area contributed by atoms with Crippen LogP contribution in [-0.4, -0.2) is 37.2 Å². The summed E-state index contributed by atoms with van der Waals surface area (Å²) in [5, 5.41) is 11.4. The van der Waals surface area contributed by atoms with Gasteiger partial charge in [-0.15, -0.1) is 0 Å². The second kappa shape index (κ2) is 7.76. The highest BCUT2D eigenvalue weighted by atomic mass is 35.5. The maximum atomic E-state index is 12.9. The van der Waals surface area contributed by atoms with E-state index in [1.165, 1.54) is 43.3 Å². The average molecular weight is 424 g/mol. The summed E-state index contributed by atoms with van der Waals surface area (Å²) in [6, 6.07) is 8.12. The Balaban J connectivity index is 2.01.